The number of methoxy groups -OCH3 is 2. The molecule has 0 saturated carbocycles. The SMILES string of the molecule is COC(OC)C1(C)C=CC=C([N+](=O)[O-])C1. The Morgan fingerprint density at radius 3 is 2.60 bits per heavy atom. The van der Waals surface area contributed by atoms with Gasteiger partial charge in [0, 0.05) is 25.7 Å². The summed E-state index contributed by atoms with van der Waals surface area (Å²) in [6.07, 6.45) is 4.88. The van der Waals surface area contributed by atoms with Gasteiger partial charge in [-0.05, 0) is 0 Å². The van der Waals surface area contributed by atoms with E-state index in [1.807, 2.05) is 13.0 Å². The van der Waals surface area contributed by atoms with Crippen LogP contribution >= 0.6 is 0 Å². The Kier molecular flexibility index (Phi) is 3.60. The molecule has 1 aliphatic rings. The second kappa shape index (κ2) is 4.55. The smallest absolute Gasteiger partial charge is 0.247 e. The molecule has 0 N–H and O–H groups in total. The van der Waals surface area contributed by atoms with Crippen molar-refractivity contribution < 1.29 is 14.4 Å². The van der Waals surface area contributed by atoms with Crippen molar-refractivity contribution in [1.29, 1.82) is 0 Å². The van der Waals surface area contributed by atoms with Gasteiger partial charge in [0.2, 0.25) is 5.70 Å². The molecule has 1 atom stereocenters. The van der Waals surface area contributed by atoms with E-state index in [9.17, 15) is 10.1 Å². The molecule has 0 radical (unpaired) electrons. The van der Waals surface area contributed by atoms with Gasteiger partial charge in [-0.2, -0.15) is 0 Å². The number of nitrogens with zero attached hydrogens (tertiary/aromatic N) is 1. The Morgan fingerprint density at radius 2 is 2.13 bits per heavy atom. The number of nitro groups is 1. The Morgan fingerprint density at radius 1 is 1.53 bits per heavy atom. The third-order valence-electron chi connectivity index (χ3n) is 2.53. The summed E-state index contributed by atoms with van der Waals surface area (Å²) in [5.41, 5.74) is -0.306. The average molecular weight is 213 g/mol. The van der Waals surface area contributed by atoms with Crippen molar-refractivity contribution in [2.24, 2.45) is 5.41 Å². The van der Waals surface area contributed by atoms with Crippen LogP contribution in [-0.2, 0) is 9.47 Å². The molecule has 0 saturated heterocycles. The first kappa shape index (κ1) is 11.9. The fraction of sp³-hybridized carbons (Fsp3) is 0.600. The minimum absolute atomic E-state index is 0.180. The van der Waals surface area contributed by atoms with E-state index in [1.165, 1.54) is 20.3 Å². The van der Waals surface area contributed by atoms with E-state index < -0.39 is 11.7 Å². The normalized spacial score (nSPS) is 25.5. The van der Waals surface area contributed by atoms with Gasteiger partial charge in [-0.15, -0.1) is 0 Å². The van der Waals surface area contributed by atoms with E-state index in [0.717, 1.165) is 0 Å². The zero-order chi connectivity index (χ0) is 11.5. The monoisotopic (exact) mass is 213 g/mol. The summed E-state index contributed by atoms with van der Waals surface area (Å²) in [6.45, 7) is 1.87. The number of hydrogen-bond donors (Lipinski definition) is 0. The first-order chi connectivity index (χ1) is 7.03. The molecular formula is C10H15NO4. The lowest BCUT2D eigenvalue weighted by Gasteiger charge is -2.33. The highest BCUT2D eigenvalue weighted by Crippen LogP contribution is 2.36. The lowest BCUT2D eigenvalue weighted by Crippen LogP contribution is -2.36. The van der Waals surface area contributed by atoms with Crippen LogP contribution in [-0.4, -0.2) is 25.4 Å². The van der Waals surface area contributed by atoms with E-state index in [0.29, 0.717) is 6.42 Å². The molecule has 0 aliphatic heterocycles. The van der Waals surface area contributed by atoms with Crippen molar-refractivity contribution in [2.45, 2.75) is 19.6 Å². The minimum atomic E-state index is -0.485. The number of allylic oxidation sites excluding steroid dienone is 3. The van der Waals surface area contributed by atoms with Gasteiger partial charge < -0.3 is 9.47 Å². The summed E-state index contributed by atoms with van der Waals surface area (Å²) >= 11 is 0. The predicted molar refractivity (Wildman–Crippen MR) is 54.7 cm³/mol. The van der Waals surface area contributed by atoms with Crippen LogP contribution in [0.25, 0.3) is 0 Å². The van der Waals surface area contributed by atoms with Gasteiger partial charge in [0.25, 0.3) is 0 Å². The van der Waals surface area contributed by atoms with E-state index in [1.54, 1.807) is 6.08 Å². The molecule has 0 amide bonds. The highest BCUT2D eigenvalue weighted by atomic mass is 16.7. The fourth-order valence-corrected chi connectivity index (χ4v) is 1.81. The van der Waals surface area contributed by atoms with Gasteiger partial charge in [-0.25, -0.2) is 0 Å². The maximum Gasteiger partial charge on any atom is 0.247 e. The van der Waals surface area contributed by atoms with Gasteiger partial charge in [-0.1, -0.05) is 19.1 Å². The Balaban J connectivity index is 2.86. The molecule has 0 aromatic carbocycles. The van der Waals surface area contributed by atoms with E-state index in [2.05, 4.69) is 0 Å². The first-order valence-electron chi connectivity index (χ1n) is 4.62. The molecule has 0 bridgehead atoms. The molecule has 1 rings (SSSR count). The van der Waals surface area contributed by atoms with Crippen molar-refractivity contribution in [3.8, 4) is 0 Å². The molecule has 0 aromatic heterocycles. The molecule has 5 nitrogen and oxygen atoms in total. The van der Waals surface area contributed by atoms with Crippen molar-refractivity contribution >= 4 is 0 Å². The van der Waals surface area contributed by atoms with Gasteiger partial charge in [0.1, 0.15) is 0 Å². The number of ether oxygens (including phenoxy) is 2. The van der Waals surface area contributed by atoms with Crippen molar-refractivity contribution in [1.82, 2.24) is 0 Å². The second-order valence-corrected chi connectivity index (χ2v) is 3.76. The summed E-state index contributed by atoms with van der Waals surface area (Å²) in [7, 11) is 3.05. The molecule has 0 aromatic rings. The third-order valence-corrected chi connectivity index (χ3v) is 2.53. The summed E-state index contributed by atoms with van der Waals surface area (Å²) in [4.78, 5) is 10.3. The minimum Gasteiger partial charge on any atom is -0.355 e. The van der Waals surface area contributed by atoms with Crippen molar-refractivity contribution in [2.75, 3.05) is 14.2 Å². The van der Waals surface area contributed by atoms with Crippen LogP contribution in [0.15, 0.2) is 23.9 Å². The predicted octanol–water partition coefficient (Wildman–Crippen LogP) is 1.73. The maximum absolute atomic E-state index is 10.7. The van der Waals surface area contributed by atoms with Crippen molar-refractivity contribution in [3.63, 3.8) is 0 Å². The number of rotatable bonds is 4. The molecule has 15 heavy (non-hydrogen) atoms. The van der Waals surface area contributed by atoms with E-state index >= 15 is 0 Å². The van der Waals surface area contributed by atoms with Crippen LogP contribution < -0.4 is 0 Å². The quantitative estimate of drug-likeness (QED) is 0.405. The number of hydrogen-bond acceptors (Lipinski definition) is 4. The third kappa shape index (κ3) is 2.43. The Bertz CT molecular complexity index is 307. The molecule has 1 aliphatic carbocycles. The topological polar surface area (TPSA) is 61.6 Å². The van der Waals surface area contributed by atoms with Gasteiger partial charge in [-0.3, -0.25) is 10.1 Å². The standard InChI is InChI=1S/C10H15NO4/c1-10(9(14-2)15-3)6-4-5-8(7-10)11(12)13/h4-6,9H,7H2,1-3H3. The zero-order valence-corrected chi connectivity index (χ0v) is 9.10. The van der Waals surface area contributed by atoms with Crippen molar-refractivity contribution in [3.05, 3.63) is 34.0 Å². The molecule has 0 fully saturated rings. The van der Waals surface area contributed by atoms with Gasteiger partial charge >= 0.3 is 0 Å². The van der Waals surface area contributed by atoms with Gasteiger partial charge in [0.15, 0.2) is 6.29 Å². The summed E-state index contributed by atoms with van der Waals surface area (Å²) in [5, 5.41) is 10.7. The average Bonchev–Trinajstić information content (AvgIpc) is 2.19. The maximum atomic E-state index is 10.7. The van der Waals surface area contributed by atoms with Gasteiger partial charge in [0.05, 0.1) is 11.3 Å². The van der Waals surface area contributed by atoms with E-state index in [-0.39, 0.29) is 10.6 Å². The Labute approximate surface area is 88.5 Å². The summed E-state index contributed by atoms with van der Waals surface area (Å²) < 4.78 is 10.3. The first-order valence-corrected chi connectivity index (χ1v) is 4.62. The van der Waals surface area contributed by atoms with Crippen LogP contribution in [0.2, 0.25) is 0 Å². The molecule has 0 spiro atoms. The molecule has 84 valence electrons. The fourth-order valence-electron chi connectivity index (χ4n) is 1.81. The molecule has 5 heteroatoms. The molecular weight excluding hydrogens is 198 g/mol. The molecule has 0 heterocycles. The second-order valence-electron chi connectivity index (χ2n) is 3.76. The van der Waals surface area contributed by atoms with Crippen LogP contribution in [0.5, 0.6) is 0 Å². The largest absolute Gasteiger partial charge is 0.355 e. The highest BCUT2D eigenvalue weighted by Gasteiger charge is 2.38. The zero-order valence-electron chi connectivity index (χ0n) is 9.10. The Hall–Kier alpha value is -1.20. The van der Waals surface area contributed by atoms with Crippen LogP contribution in [0.1, 0.15) is 13.3 Å². The van der Waals surface area contributed by atoms with Crippen LogP contribution in [0.3, 0.4) is 0 Å². The van der Waals surface area contributed by atoms with Crippen LogP contribution in [0, 0.1) is 15.5 Å². The summed E-state index contributed by atoms with van der Waals surface area (Å²) in [5.74, 6) is 0. The highest BCUT2D eigenvalue weighted by molar-refractivity contribution is 5.20. The van der Waals surface area contributed by atoms with Crippen LogP contribution in [0.4, 0.5) is 0 Å². The lowest BCUT2D eigenvalue weighted by molar-refractivity contribution is -0.431. The lowest BCUT2D eigenvalue weighted by atomic mass is 9.81. The summed E-state index contributed by atoms with van der Waals surface area (Å²) in [6, 6.07) is 0. The van der Waals surface area contributed by atoms with E-state index in [4.69, 9.17) is 9.47 Å². The molecule has 1 unspecified atom stereocenters.